The van der Waals surface area contributed by atoms with Gasteiger partial charge in [0, 0.05) is 18.3 Å². The van der Waals surface area contributed by atoms with Crippen molar-refractivity contribution in [1.82, 2.24) is 4.98 Å². The van der Waals surface area contributed by atoms with Crippen LogP contribution in [0.2, 0.25) is 0 Å². The number of pyridine rings is 1. The zero-order chi connectivity index (χ0) is 13.4. The minimum absolute atomic E-state index is 0.0862. The summed E-state index contributed by atoms with van der Waals surface area (Å²) in [7, 11) is 0. The van der Waals surface area contributed by atoms with Crippen molar-refractivity contribution in [2.45, 2.75) is 6.92 Å². The molecule has 4 nitrogen and oxygen atoms in total. The first kappa shape index (κ1) is 11.5. The molecular formula is C15H11NO3. The van der Waals surface area contributed by atoms with Crippen LogP contribution in [0.25, 0.3) is 6.08 Å². The van der Waals surface area contributed by atoms with Crippen molar-refractivity contribution in [1.29, 1.82) is 0 Å². The molecule has 19 heavy (non-hydrogen) atoms. The summed E-state index contributed by atoms with van der Waals surface area (Å²) in [6.45, 7) is 1.77. The zero-order valence-electron chi connectivity index (χ0n) is 10.3. The molecule has 94 valence electrons. The number of ether oxygens (including phenoxy) is 1. The van der Waals surface area contributed by atoms with E-state index in [-0.39, 0.29) is 17.3 Å². The molecule has 0 amide bonds. The number of carbonyl (C=O) groups is 1. The minimum Gasteiger partial charge on any atom is -0.508 e. The van der Waals surface area contributed by atoms with Gasteiger partial charge < -0.3 is 9.84 Å². The first-order chi connectivity index (χ1) is 9.15. The number of Topliss-reactive ketones (excluding diaryl/α,β-unsaturated/α-hetero) is 1. The third kappa shape index (κ3) is 1.97. The Morgan fingerprint density at radius 2 is 2.16 bits per heavy atom. The van der Waals surface area contributed by atoms with Gasteiger partial charge in [-0.25, -0.2) is 0 Å². The predicted molar refractivity (Wildman–Crippen MR) is 70.0 cm³/mol. The largest absolute Gasteiger partial charge is 0.508 e. The predicted octanol–water partition coefficient (Wildman–Crippen LogP) is 2.71. The maximum atomic E-state index is 12.2. The molecule has 0 bridgehead atoms. The standard InChI is InChI=1S/C15H11NO3/c1-9-6-11(17)8-12-14(9)15(18)13(19-12)7-10-4-2-3-5-16-10/h2-8,17H,1H3/b13-7+. The lowest BCUT2D eigenvalue weighted by molar-refractivity contribution is 0.101. The average Bonchev–Trinajstić information content (AvgIpc) is 2.67. The molecule has 0 spiro atoms. The van der Waals surface area contributed by atoms with Gasteiger partial charge in [-0.2, -0.15) is 0 Å². The van der Waals surface area contributed by atoms with Gasteiger partial charge in [-0.15, -0.1) is 0 Å². The Bertz CT molecular complexity index is 690. The highest BCUT2D eigenvalue weighted by Gasteiger charge is 2.29. The number of hydrogen-bond donors (Lipinski definition) is 1. The third-order valence-corrected chi connectivity index (χ3v) is 2.92. The van der Waals surface area contributed by atoms with E-state index in [1.165, 1.54) is 6.07 Å². The Kier molecular flexibility index (Phi) is 2.56. The summed E-state index contributed by atoms with van der Waals surface area (Å²) >= 11 is 0. The fraction of sp³-hybridized carbons (Fsp3) is 0.0667. The van der Waals surface area contributed by atoms with Crippen LogP contribution in [0, 0.1) is 6.92 Å². The number of aromatic nitrogens is 1. The summed E-state index contributed by atoms with van der Waals surface area (Å²) in [6, 6.07) is 8.42. The van der Waals surface area contributed by atoms with Crippen LogP contribution in [0.1, 0.15) is 21.6 Å². The fourth-order valence-electron chi connectivity index (χ4n) is 2.09. The molecule has 1 aromatic carbocycles. The number of phenols is 1. The number of fused-ring (bicyclic) bond motifs is 1. The van der Waals surface area contributed by atoms with E-state index >= 15 is 0 Å². The molecule has 2 aromatic rings. The second-order valence-electron chi connectivity index (χ2n) is 4.33. The lowest BCUT2D eigenvalue weighted by Gasteiger charge is -2.00. The van der Waals surface area contributed by atoms with Crippen LogP contribution < -0.4 is 4.74 Å². The monoisotopic (exact) mass is 253 g/mol. The second kappa shape index (κ2) is 4.24. The minimum atomic E-state index is -0.182. The van der Waals surface area contributed by atoms with Crippen molar-refractivity contribution in [2.75, 3.05) is 0 Å². The first-order valence-electron chi connectivity index (χ1n) is 5.84. The van der Waals surface area contributed by atoms with E-state index < -0.39 is 0 Å². The molecule has 1 aromatic heterocycles. The number of hydrogen-bond acceptors (Lipinski definition) is 4. The smallest absolute Gasteiger partial charge is 0.232 e. The Hall–Kier alpha value is -2.62. The van der Waals surface area contributed by atoms with E-state index in [0.29, 0.717) is 22.6 Å². The van der Waals surface area contributed by atoms with Gasteiger partial charge in [-0.3, -0.25) is 9.78 Å². The maximum absolute atomic E-state index is 12.2. The van der Waals surface area contributed by atoms with Gasteiger partial charge in [0.05, 0.1) is 11.3 Å². The normalized spacial score (nSPS) is 15.4. The Morgan fingerprint density at radius 3 is 2.89 bits per heavy atom. The van der Waals surface area contributed by atoms with Crippen LogP contribution in [0.15, 0.2) is 42.3 Å². The number of benzene rings is 1. The Morgan fingerprint density at radius 1 is 1.32 bits per heavy atom. The number of aryl methyl sites for hydroxylation is 1. The van der Waals surface area contributed by atoms with Crippen LogP contribution in [-0.4, -0.2) is 15.9 Å². The highest BCUT2D eigenvalue weighted by Crippen LogP contribution is 2.36. The number of ketones is 1. The Balaban J connectivity index is 2.05. The summed E-state index contributed by atoms with van der Waals surface area (Å²) in [4.78, 5) is 16.4. The van der Waals surface area contributed by atoms with Gasteiger partial charge in [0.2, 0.25) is 5.78 Å². The molecule has 0 atom stereocenters. The number of allylic oxidation sites excluding steroid dienone is 1. The molecule has 1 aliphatic heterocycles. The van der Waals surface area contributed by atoms with Gasteiger partial charge in [0.1, 0.15) is 11.5 Å². The lowest BCUT2D eigenvalue weighted by Crippen LogP contribution is -1.99. The molecule has 2 heterocycles. The van der Waals surface area contributed by atoms with Crippen LogP contribution in [0.3, 0.4) is 0 Å². The van der Waals surface area contributed by atoms with Crippen molar-refractivity contribution in [3.63, 3.8) is 0 Å². The van der Waals surface area contributed by atoms with Crippen LogP contribution in [0.4, 0.5) is 0 Å². The van der Waals surface area contributed by atoms with Crippen LogP contribution >= 0.6 is 0 Å². The first-order valence-corrected chi connectivity index (χ1v) is 5.84. The number of aromatic hydroxyl groups is 1. The van der Waals surface area contributed by atoms with Crippen molar-refractivity contribution < 1.29 is 14.6 Å². The lowest BCUT2D eigenvalue weighted by atomic mass is 10.0. The molecule has 0 saturated heterocycles. The fourth-order valence-corrected chi connectivity index (χ4v) is 2.09. The molecular weight excluding hydrogens is 242 g/mol. The van der Waals surface area contributed by atoms with E-state index in [0.717, 1.165) is 0 Å². The van der Waals surface area contributed by atoms with Gasteiger partial charge in [-0.1, -0.05) is 6.07 Å². The highest BCUT2D eigenvalue weighted by atomic mass is 16.5. The van der Waals surface area contributed by atoms with Gasteiger partial charge in [0.25, 0.3) is 0 Å². The molecule has 1 N–H and O–H groups in total. The summed E-state index contributed by atoms with van der Waals surface area (Å²) in [5.74, 6) is 0.522. The SMILES string of the molecule is Cc1cc(O)cc2c1C(=O)/C(=C\c1ccccn1)O2. The van der Waals surface area contributed by atoms with Crippen molar-refractivity contribution in [2.24, 2.45) is 0 Å². The summed E-state index contributed by atoms with van der Waals surface area (Å²) in [5.41, 5.74) is 1.85. The summed E-state index contributed by atoms with van der Waals surface area (Å²) in [5, 5.41) is 9.52. The van der Waals surface area contributed by atoms with Gasteiger partial charge >= 0.3 is 0 Å². The summed E-state index contributed by atoms with van der Waals surface area (Å²) < 4.78 is 5.50. The zero-order valence-corrected chi connectivity index (χ0v) is 10.3. The van der Waals surface area contributed by atoms with Crippen LogP contribution in [-0.2, 0) is 0 Å². The number of rotatable bonds is 1. The Labute approximate surface area is 110 Å². The van der Waals surface area contributed by atoms with Crippen LogP contribution in [0.5, 0.6) is 11.5 Å². The van der Waals surface area contributed by atoms with Gasteiger partial charge in [-0.05, 0) is 30.7 Å². The van der Waals surface area contributed by atoms with E-state index in [9.17, 15) is 9.90 Å². The molecule has 0 aliphatic carbocycles. The molecule has 0 saturated carbocycles. The number of phenolic OH excluding ortho intramolecular Hbond substituents is 1. The molecule has 0 fully saturated rings. The molecule has 4 heteroatoms. The van der Waals surface area contributed by atoms with E-state index in [1.807, 2.05) is 6.07 Å². The average molecular weight is 253 g/mol. The molecule has 0 radical (unpaired) electrons. The second-order valence-corrected chi connectivity index (χ2v) is 4.33. The van der Waals surface area contributed by atoms with Crippen molar-refractivity contribution >= 4 is 11.9 Å². The van der Waals surface area contributed by atoms with Gasteiger partial charge in [0.15, 0.2) is 5.76 Å². The highest BCUT2D eigenvalue weighted by molar-refractivity contribution is 6.15. The topological polar surface area (TPSA) is 59.4 Å². The quantitative estimate of drug-likeness (QED) is 0.794. The van der Waals surface area contributed by atoms with Crippen molar-refractivity contribution in [3.05, 3.63) is 59.1 Å². The number of carbonyl (C=O) groups excluding carboxylic acids is 1. The summed E-state index contributed by atoms with van der Waals surface area (Å²) in [6.07, 6.45) is 3.24. The number of nitrogens with zero attached hydrogens (tertiary/aromatic N) is 1. The molecule has 0 unspecified atom stereocenters. The molecule has 1 aliphatic rings. The van der Waals surface area contributed by atoms with E-state index in [4.69, 9.17) is 4.74 Å². The maximum Gasteiger partial charge on any atom is 0.232 e. The third-order valence-electron chi connectivity index (χ3n) is 2.92. The molecule has 3 rings (SSSR count). The van der Waals surface area contributed by atoms with E-state index in [1.54, 1.807) is 37.4 Å². The van der Waals surface area contributed by atoms with Crippen molar-refractivity contribution in [3.8, 4) is 11.5 Å². The van der Waals surface area contributed by atoms with E-state index in [2.05, 4.69) is 4.98 Å².